The van der Waals surface area contributed by atoms with Crippen molar-refractivity contribution in [2.24, 2.45) is 0 Å². The summed E-state index contributed by atoms with van der Waals surface area (Å²) >= 11 is 0. The van der Waals surface area contributed by atoms with E-state index in [1.165, 1.54) is 19.1 Å². The SMILES string of the molecule is CCOC(=O)/C=C/[C@H](OC(C)=O)[C@H](Cc1ccccc1)NC(=O)OC(C)(C)C. The largest absolute Gasteiger partial charge is 0.463 e. The zero-order valence-electron chi connectivity index (χ0n) is 17.1. The molecule has 0 bridgehead atoms. The fourth-order valence-corrected chi connectivity index (χ4v) is 2.39. The summed E-state index contributed by atoms with van der Waals surface area (Å²) in [5, 5.41) is 2.74. The molecule has 0 heterocycles. The fraction of sp³-hybridized carbons (Fsp3) is 0.476. The smallest absolute Gasteiger partial charge is 0.408 e. The van der Waals surface area contributed by atoms with E-state index in [2.05, 4.69) is 5.32 Å². The second-order valence-electron chi connectivity index (χ2n) is 7.13. The van der Waals surface area contributed by atoms with E-state index in [9.17, 15) is 14.4 Å². The molecule has 0 spiro atoms. The Hall–Kier alpha value is -2.83. The van der Waals surface area contributed by atoms with Gasteiger partial charge in [-0.05, 0) is 45.8 Å². The molecule has 2 atom stereocenters. The van der Waals surface area contributed by atoms with Crippen molar-refractivity contribution in [3.05, 3.63) is 48.0 Å². The van der Waals surface area contributed by atoms with Crippen LogP contribution in [0.5, 0.6) is 0 Å². The van der Waals surface area contributed by atoms with Crippen molar-refractivity contribution in [3.63, 3.8) is 0 Å². The van der Waals surface area contributed by atoms with Gasteiger partial charge in [-0.25, -0.2) is 9.59 Å². The minimum absolute atomic E-state index is 0.227. The van der Waals surface area contributed by atoms with Crippen molar-refractivity contribution >= 4 is 18.0 Å². The molecule has 0 aliphatic carbocycles. The molecule has 0 unspecified atom stereocenters. The molecule has 1 N–H and O–H groups in total. The lowest BCUT2D eigenvalue weighted by Crippen LogP contribution is -2.47. The lowest BCUT2D eigenvalue weighted by molar-refractivity contribution is -0.145. The first-order valence-corrected chi connectivity index (χ1v) is 9.16. The Morgan fingerprint density at radius 3 is 2.32 bits per heavy atom. The second-order valence-corrected chi connectivity index (χ2v) is 7.13. The minimum Gasteiger partial charge on any atom is -0.463 e. The summed E-state index contributed by atoms with van der Waals surface area (Å²) in [4.78, 5) is 35.5. The standard InChI is InChI=1S/C21H29NO6/c1-6-26-19(24)13-12-18(27-15(2)23)17(14-16-10-8-7-9-11-16)22-20(25)28-21(3,4)5/h7-13,17-18H,6,14H2,1-5H3,(H,22,25)/b13-12+/t17-,18-/m0/s1. The van der Waals surface area contributed by atoms with Crippen LogP contribution < -0.4 is 5.32 Å². The summed E-state index contributed by atoms with van der Waals surface area (Å²) in [7, 11) is 0. The number of carbonyl (C=O) groups excluding carboxylic acids is 3. The molecule has 0 saturated carbocycles. The van der Waals surface area contributed by atoms with Gasteiger partial charge in [-0.1, -0.05) is 30.3 Å². The quantitative estimate of drug-likeness (QED) is 0.416. The summed E-state index contributed by atoms with van der Waals surface area (Å²) in [6.07, 6.45) is 1.44. The van der Waals surface area contributed by atoms with Crippen molar-refractivity contribution in [3.8, 4) is 0 Å². The number of esters is 2. The van der Waals surface area contributed by atoms with Crippen molar-refractivity contribution in [2.75, 3.05) is 6.61 Å². The Bertz CT molecular complexity index is 678. The highest BCUT2D eigenvalue weighted by Crippen LogP contribution is 2.13. The zero-order valence-corrected chi connectivity index (χ0v) is 17.1. The number of amides is 1. The number of benzene rings is 1. The fourth-order valence-electron chi connectivity index (χ4n) is 2.39. The van der Waals surface area contributed by atoms with E-state index >= 15 is 0 Å². The minimum atomic E-state index is -0.880. The van der Waals surface area contributed by atoms with Crippen LogP contribution in [0.2, 0.25) is 0 Å². The molecule has 0 radical (unpaired) electrons. The highest BCUT2D eigenvalue weighted by atomic mass is 16.6. The van der Waals surface area contributed by atoms with Crippen LogP contribution in [0.1, 0.15) is 40.2 Å². The first-order valence-electron chi connectivity index (χ1n) is 9.16. The van der Waals surface area contributed by atoms with E-state index in [0.29, 0.717) is 6.42 Å². The molecule has 0 aliphatic rings. The van der Waals surface area contributed by atoms with Crippen molar-refractivity contribution in [1.82, 2.24) is 5.32 Å². The van der Waals surface area contributed by atoms with Gasteiger partial charge in [0, 0.05) is 13.0 Å². The number of hydrogen-bond acceptors (Lipinski definition) is 6. The van der Waals surface area contributed by atoms with Crippen LogP contribution in [0, 0.1) is 0 Å². The third-order valence-electron chi connectivity index (χ3n) is 3.41. The third-order valence-corrected chi connectivity index (χ3v) is 3.41. The van der Waals surface area contributed by atoms with E-state index in [4.69, 9.17) is 14.2 Å². The van der Waals surface area contributed by atoms with Gasteiger partial charge in [0.1, 0.15) is 11.7 Å². The van der Waals surface area contributed by atoms with E-state index in [-0.39, 0.29) is 6.61 Å². The van der Waals surface area contributed by atoms with Crippen LogP contribution in [-0.2, 0) is 30.2 Å². The van der Waals surface area contributed by atoms with E-state index in [1.807, 2.05) is 30.3 Å². The van der Waals surface area contributed by atoms with Gasteiger partial charge in [-0.15, -0.1) is 0 Å². The van der Waals surface area contributed by atoms with Crippen LogP contribution in [0.3, 0.4) is 0 Å². The van der Waals surface area contributed by atoms with Gasteiger partial charge in [0.15, 0.2) is 0 Å². The average Bonchev–Trinajstić information content (AvgIpc) is 2.57. The van der Waals surface area contributed by atoms with Crippen LogP contribution >= 0.6 is 0 Å². The first-order chi connectivity index (χ1) is 13.1. The molecular weight excluding hydrogens is 362 g/mol. The Morgan fingerprint density at radius 1 is 1.14 bits per heavy atom. The maximum Gasteiger partial charge on any atom is 0.408 e. The molecule has 28 heavy (non-hydrogen) atoms. The number of hydrogen-bond donors (Lipinski definition) is 1. The third kappa shape index (κ3) is 9.75. The van der Waals surface area contributed by atoms with Gasteiger partial charge < -0.3 is 19.5 Å². The molecule has 0 fully saturated rings. The molecule has 7 nitrogen and oxygen atoms in total. The van der Waals surface area contributed by atoms with Gasteiger partial charge in [0.05, 0.1) is 12.6 Å². The van der Waals surface area contributed by atoms with Crippen LogP contribution in [0.4, 0.5) is 4.79 Å². The highest BCUT2D eigenvalue weighted by Gasteiger charge is 2.27. The van der Waals surface area contributed by atoms with Gasteiger partial charge >= 0.3 is 18.0 Å². The Balaban J connectivity index is 3.08. The maximum absolute atomic E-state index is 12.3. The monoisotopic (exact) mass is 391 g/mol. The molecule has 1 aromatic carbocycles. The Morgan fingerprint density at radius 2 is 1.79 bits per heavy atom. The van der Waals surface area contributed by atoms with E-state index in [1.54, 1.807) is 27.7 Å². The van der Waals surface area contributed by atoms with Gasteiger partial charge in [0.2, 0.25) is 0 Å². The average molecular weight is 391 g/mol. The molecule has 0 aromatic heterocycles. The van der Waals surface area contributed by atoms with E-state index in [0.717, 1.165) is 5.56 Å². The molecule has 154 valence electrons. The molecule has 0 aliphatic heterocycles. The number of ether oxygens (including phenoxy) is 3. The van der Waals surface area contributed by atoms with Gasteiger partial charge in [0.25, 0.3) is 0 Å². The summed E-state index contributed by atoms with van der Waals surface area (Å²) in [6, 6.07) is 8.76. The predicted molar refractivity (Wildman–Crippen MR) is 105 cm³/mol. The number of alkyl carbamates (subject to hydrolysis) is 1. The van der Waals surface area contributed by atoms with E-state index < -0.39 is 35.8 Å². The summed E-state index contributed by atoms with van der Waals surface area (Å²) < 4.78 is 15.5. The molecule has 1 amide bonds. The molecule has 1 rings (SSSR count). The number of carbonyl (C=O) groups is 3. The molecule has 7 heteroatoms. The van der Waals surface area contributed by atoms with Crippen LogP contribution in [0.25, 0.3) is 0 Å². The molecule has 0 saturated heterocycles. The van der Waals surface area contributed by atoms with Gasteiger partial charge in [-0.3, -0.25) is 4.79 Å². The molecule has 1 aromatic rings. The van der Waals surface area contributed by atoms with Crippen LogP contribution in [0.15, 0.2) is 42.5 Å². The maximum atomic E-state index is 12.3. The Labute approximate surface area is 166 Å². The van der Waals surface area contributed by atoms with Gasteiger partial charge in [-0.2, -0.15) is 0 Å². The highest BCUT2D eigenvalue weighted by molar-refractivity contribution is 5.82. The topological polar surface area (TPSA) is 90.9 Å². The van der Waals surface area contributed by atoms with Crippen LogP contribution in [-0.4, -0.2) is 42.4 Å². The normalized spacial score (nSPS) is 13.5. The predicted octanol–water partition coefficient (Wildman–Crippen LogP) is 3.17. The first kappa shape index (κ1) is 23.2. The zero-order chi connectivity index (χ0) is 21.2. The summed E-state index contributed by atoms with van der Waals surface area (Å²) in [6.45, 7) is 8.44. The van der Waals surface area contributed by atoms with Crippen molar-refractivity contribution in [2.45, 2.75) is 58.8 Å². The number of nitrogens with one attached hydrogen (secondary N) is 1. The lowest BCUT2D eigenvalue weighted by atomic mass is 10.0. The summed E-state index contributed by atoms with van der Waals surface area (Å²) in [5.74, 6) is -1.10. The lowest BCUT2D eigenvalue weighted by Gasteiger charge is -2.27. The van der Waals surface area contributed by atoms with Crippen molar-refractivity contribution < 1.29 is 28.6 Å². The number of rotatable bonds is 8. The summed E-state index contributed by atoms with van der Waals surface area (Å²) in [5.41, 5.74) is 0.240. The molecular formula is C21H29NO6. The van der Waals surface area contributed by atoms with Crippen molar-refractivity contribution in [1.29, 1.82) is 0 Å². The Kier molecular flexibility index (Phi) is 9.21. The second kappa shape index (κ2) is 11.1.